The molecule has 1 aliphatic rings. The molecule has 0 N–H and O–H groups in total. The van der Waals surface area contributed by atoms with Gasteiger partial charge in [0.2, 0.25) is 6.08 Å². The first-order valence-electron chi connectivity index (χ1n) is 5.79. The second kappa shape index (κ2) is 4.06. The van der Waals surface area contributed by atoms with E-state index in [-0.39, 0.29) is 5.54 Å². The molecule has 1 aliphatic carbocycles. The Hall–Kier alpha value is -1.51. The van der Waals surface area contributed by atoms with Crippen LogP contribution in [0.1, 0.15) is 31.2 Å². The number of aromatic nitrogens is 1. The molecule has 0 spiro atoms. The third-order valence-corrected chi connectivity index (χ3v) is 4.42. The van der Waals surface area contributed by atoms with Crippen LogP contribution < -0.4 is 0 Å². The second-order valence-electron chi connectivity index (χ2n) is 4.49. The average molecular weight is 244 g/mol. The van der Waals surface area contributed by atoms with Crippen LogP contribution in [-0.2, 0) is 10.3 Å². The molecule has 3 nitrogen and oxygen atoms in total. The van der Waals surface area contributed by atoms with E-state index < -0.39 is 0 Å². The Morgan fingerprint density at radius 1 is 1.35 bits per heavy atom. The van der Waals surface area contributed by atoms with E-state index >= 15 is 0 Å². The quantitative estimate of drug-likeness (QED) is 0.600. The predicted molar refractivity (Wildman–Crippen MR) is 67.9 cm³/mol. The molecule has 17 heavy (non-hydrogen) atoms. The van der Waals surface area contributed by atoms with Gasteiger partial charge in [0.05, 0.1) is 10.2 Å². The predicted octanol–water partition coefficient (Wildman–Crippen LogP) is 3.40. The van der Waals surface area contributed by atoms with Gasteiger partial charge in [-0.2, -0.15) is 9.37 Å². The Bertz CT molecular complexity index is 592. The highest BCUT2D eigenvalue weighted by molar-refractivity contribution is 7.13. The number of rotatable bonds is 2. The fraction of sp³-hybridized carbons (Fsp3) is 0.385. The molecule has 1 saturated carbocycles. The van der Waals surface area contributed by atoms with Crippen molar-refractivity contribution in [2.75, 3.05) is 0 Å². The van der Waals surface area contributed by atoms with Gasteiger partial charge >= 0.3 is 0 Å². The van der Waals surface area contributed by atoms with Crippen LogP contribution in [0.2, 0.25) is 0 Å². The zero-order chi connectivity index (χ0) is 11.7. The van der Waals surface area contributed by atoms with Crippen LogP contribution in [0.15, 0.2) is 29.4 Å². The van der Waals surface area contributed by atoms with Gasteiger partial charge in [0.25, 0.3) is 0 Å². The first-order chi connectivity index (χ1) is 8.36. The number of nitrogens with zero attached hydrogens (tertiary/aromatic N) is 2. The fourth-order valence-electron chi connectivity index (χ4n) is 2.75. The van der Waals surface area contributed by atoms with Crippen molar-refractivity contribution in [1.29, 1.82) is 0 Å². The number of hydrogen-bond acceptors (Lipinski definition) is 4. The number of fused-ring (bicyclic) bond motifs is 1. The van der Waals surface area contributed by atoms with E-state index in [4.69, 9.17) is 0 Å². The van der Waals surface area contributed by atoms with Crippen molar-refractivity contribution in [2.24, 2.45) is 4.99 Å². The zero-order valence-corrected chi connectivity index (χ0v) is 10.2. The first-order valence-corrected chi connectivity index (χ1v) is 6.56. The highest BCUT2D eigenvalue weighted by Gasteiger charge is 2.37. The minimum Gasteiger partial charge on any atom is -0.211 e. The van der Waals surface area contributed by atoms with Crippen molar-refractivity contribution in [2.45, 2.75) is 31.2 Å². The van der Waals surface area contributed by atoms with Crippen LogP contribution in [0.3, 0.4) is 0 Å². The number of isocyanates is 1. The molecule has 0 atom stereocenters. The van der Waals surface area contributed by atoms with Gasteiger partial charge in [0.15, 0.2) is 0 Å². The summed E-state index contributed by atoms with van der Waals surface area (Å²) in [6, 6.07) is 6.15. The summed E-state index contributed by atoms with van der Waals surface area (Å²) in [4.78, 5) is 14.8. The third-order valence-electron chi connectivity index (χ3n) is 3.57. The van der Waals surface area contributed by atoms with Crippen LogP contribution in [0, 0.1) is 0 Å². The molecule has 1 heterocycles. The van der Waals surface area contributed by atoms with E-state index in [2.05, 4.69) is 21.5 Å². The molecule has 0 radical (unpaired) electrons. The third kappa shape index (κ3) is 1.61. The Kier molecular flexibility index (Phi) is 2.54. The van der Waals surface area contributed by atoms with Gasteiger partial charge in [0.1, 0.15) is 0 Å². The summed E-state index contributed by atoms with van der Waals surface area (Å²) in [5, 5.41) is 1.14. The first kappa shape index (κ1) is 10.6. The van der Waals surface area contributed by atoms with Gasteiger partial charge < -0.3 is 0 Å². The number of carbonyl (C=O) groups excluding carboxylic acids is 1. The molecule has 2 aromatic rings. The largest absolute Gasteiger partial charge is 0.235 e. The minimum absolute atomic E-state index is 0.339. The van der Waals surface area contributed by atoms with Crippen molar-refractivity contribution in [1.82, 2.24) is 4.37 Å². The molecule has 0 bridgehead atoms. The molecule has 0 unspecified atom stereocenters. The van der Waals surface area contributed by atoms with Gasteiger partial charge in [-0.15, -0.1) is 0 Å². The van der Waals surface area contributed by atoms with Crippen LogP contribution in [-0.4, -0.2) is 10.5 Å². The smallest absolute Gasteiger partial charge is 0.211 e. The summed E-state index contributed by atoms with van der Waals surface area (Å²) in [5.41, 5.74) is 0.812. The van der Waals surface area contributed by atoms with Gasteiger partial charge in [-0.05, 0) is 29.9 Å². The number of benzene rings is 1. The zero-order valence-electron chi connectivity index (χ0n) is 9.35. The van der Waals surface area contributed by atoms with Crippen LogP contribution in [0.5, 0.6) is 0 Å². The van der Waals surface area contributed by atoms with Gasteiger partial charge in [-0.1, -0.05) is 31.0 Å². The lowest BCUT2D eigenvalue weighted by atomic mass is 9.88. The lowest BCUT2D eigenvalue weighted by Gasteiger charge is -2.23. The monoisotopic (exact) mass is 244 g/mol. The van der Waals surface area contributed by atoms with E-state index in [1.165, 1.54) is 11.5 Å². The van der Waals surface area contributed by atoms with E-state index in [1.54, 1.807) is 6.08 Å². The van der Waals surface area contributed by atoms with Gasteiger partial charge in [0, 0.05) is 11.6 Å². The lowest BCUT2D eigenvalue weighted by molar-refractivity contribution is 0.460. The Balaban J connectivity index is 2.25. The van der Waals surface area contributed by atoms with Gasteiger partial charge in [-0.25, -0.2) is 4.79 Å². The Morgan fingerprint density at radius 2 is 2.18 bits per heavy atom. The Morgan fingerprint density at radius 3 is 2.94 bits per heavy atom. The summed E-state index contributed by atoms with van der Waals surface area (Å²) >= 11 is 1.49. The van der Waals surface area contributed by atoms with Crippen molar-refractivity contribution in [3.8, 4) is 0 Å². The standard InChI is InChI=1S/C13H12N2OS/c16-9-14-13(6-1-2-7-13)11-5-3-4-10-8-15-17-12(10)11/h3-5,8H,1-2,6-7H2. The molecular weight excluding hydrogens is 232 g/mol. The van der Waals surface area contributed by atoms with Crippen molar-refractivity contribution >= 4 is 27.7 Å². The molecule has 0 saturated heterocycles. The summed E-state index contributed by atoms with van der Waals surface area (Å²) in [6.45, 7) is 0. The van der Waals surface area contributed by atoms with Crippen molar-refractivity contribution < 1.29 is 4.79 Å². The average Bonchev–Trinajstić information content (AvgIpc) is 2.97. The highest BCUT2D eigenvalue weighted by Crippen LogP contribution is 2.45. The highest BCUT2D eigenvalue weighted by atomic mass is 32.1. The number of hydrogen-bond donors (Lipinski definition) is 0. The molecule has 0 amide bonds. The molecule has 86 valence electrons. The lowest BCUT2D eigenvalue weighted by Crippen LogP contribution is -2.18. The topological polar surface area (TPSA) is 42.3 Å². The maximum absolute atomic E-state index is 10.7. The van der Waals surface area contributed by atoms with Crippen LogP contribution >= 0.6 is 11.5 Å². The van der Waals surface area contributed by atoms with Crippen LogP contribution in [0.4, 0.5) is 0 Å². The summed E-state index contributed by atoms with van der Waals surface area (Å²) in [5.74, 6) is 0. The minimum atomic E-state index is -0.339. The summed E-state index contributed by atoms with van der Waals surface area (Å²) in [6.07, 6.45) is 7.78. The molecular formula is C13H12N2OS. The SMILES string of the molecule is O=C=NC1(c2cccc3cnsc23)CCCC1. The molecule has 4 heteroatoms. The maximum Gasteiger partial charge on any atom is 0.235 e. The van der Waals surface area contributed by atoms with E-state index in [0.29, 0.717) is 0 Å². The van der Waals surface area contributed by atoms with Crippen LogP contribution in [0.25, 0.3) is 10.1 Å². The summed E-state index contributed by atoms with van der Waals surface area (Å²) in [7, 11) is 0. The van der Waals surface area contributed by atoms with E-state index in [1.807, 2.05) is 12.3 Å². The fourth-order valence-corrected chi connectivity index (χ4v) is 3.60. The van der Waals surface area contributed by atoms with Crippen molar-refractivity contribution in [3.63, 3.8) is 0 Å². The summed E-state index contributed by atoms with van der Waals surface area (Å²) < 4.78 is 5.39. The second-order valence-corrected chi connectivity index (χ2v) is 5.29. The van der Waals surface area contributed by atoms with E-state index in [0.717, 1.165) is 41.3 Å². The normalized spacial score (nSPS) is 18.1. The molecule has 3 rings (SSSR count). The molecule has 1 fully saturated rings. The van der Waals surface area contributed by atoms with Crippen molar-refractivity contribution in [3.05, 3.63) is 30.0 Å². The number of aliphatic imine (C=N–C) groups is 1. The maximum atomic E-state index is 10.7. The molecule has 1 aromatic heterocycles. The molecule has 0 aliphatic heterocycles. The molecule has 1 aromatic carbocycles. The Labute approximate surface area is 103 Å². The van der Waals surface area contributed by atoms with Gasteiger partial charge in [-0.3, -0.25) is 0 Å². The van der Waals surface area contributed by atoms with E-state index in [9.17, 15) is 4.79 Å².